The lowest BCUT2D eigenvalue weighted by Gasteiger charge is -2.03. The SMILES string of the molecule is Fc1cc(-c2ccccc2)ccc1C#Cc1c(F)cc(N=C=S)cc1F. The van der Waals surface area contributed by atoms with Crippen molar-refractivity contribution in [3.8, 4) is 23.0 Å². The zero-order valence-corrected chi connectivity index (χ0v) is 14.1. The number of benzene rings is 3. The van der Waals surface area contributed by atoms with Gasteiger partial charge < -0.3 is 0 Å². The molecule has 0 aromatic heterocycles. The lowest BCUT2D eigenvalue weighted by molar-refractivity contribution is 0.578. The molecule has 0 amide bonds. The maximum Gasteiger partial charge on any atom is 0.143 e. The van der Waals surface area contributed by atoms with E-state index in [1.165, 1.54) is 12.1 Å². The van der Waals surface area contributed by atoms with Crippen LogP contribution in [0, 0.1) is 29.3 Å². The number of rotatable bonds is 2. The molecule has 0 fully saturated rings. The highest BCUT2D eigenvalue weighted by molar-refractivity contribution is 7.78. The summed E-state index contributed by atoms with van der Waals surface area (Å²) >= 11 is 4.40. The van der Waals surface area contributed by atoms with E-state index >= 15 is 0 Å². The lowest BCUT2D eigenvalue weighted by Crippen LogP contribution is -1.91. The fourth-order valence-electron chi connectivity index (χ4n) is 2.35. The van der Waals surface area contributed by atoms with Crippen LogP contribution in [0.15, 0.2) is 65.7 Å². The van der Waals surface area contributed by atoms with Crippen molar-refractivity contribution in [1.82, 2.24) is 0 Å². The summed E-state index contributed by atoms with van der Waals surface area (Å²) in [4.78, 5) is 3.52. The molecule has 26 heavy (non-hydrogen) atoms. The van der Waals surface area contributed by atoms with Gasteiger partial charge in [-0.25, -0.2) is 13.2 Å². The highest BCUT2D eigenvalue weighted by Crippen LogP contribution is 2.22. The molecule has 0 aliphatic rings. The van der Waals surface area contributed by atoms with Crippen LogP contribution in [0.5, 0.6) is 0 Å². The highest BCUT2D eigenvalue weighted by atomic mass is 32.1. The van der Waals surface area contributed by atoms with Gasteiger partial charge in [0, 0.05) is 12.1 Å². The van der Waals surface area contributed by atoms with Crippen LogP contribution in [0.3, 0.4) is 0 Å². The molecule has 0 radical (unpaired) electrons. The molecule has 0 bridgehead atoms. The molecule has 0 saturated heterocycles. The van der Waals surface area contributed by atoms with Crippen LogP contribution in [0.25, 0.3) is 11.1 Å². The van der Waals surface area contributed by atoms with Crippen molar-refractivity contribution in [2.75, 3.05) is 0 Å². The molecule has 0 spiro atoms. The lowest BCUT2D eigenvalue weighted by atomic mass is 10.0. The Morgan fingerprint density at radius 3 is 2.04 bits per heavy atom. The van der Waals surface area contributed by atoms with Gasteiger partial charge in [0.05, 0.1) is 22.0 Å². The molecule has 0 saturated carbocycles. The molecule has 3 aromatic carbocycles. The molecule has 126 valence electrons. The predicted octanol–water partition coefficient (Wildman–Crippen LogP) is 5.91. The number of halogens is 3. The normalized spacial score (nSPS) is 9.81. The zero-order valence-electron chi connectivity index (χ0n) is 13.3. The van der Waals surface area contributed by atoms with Gasteiger partial charge in [0.1, 0.15) is 17.5 Å². The van der Waals surface area contributed by atoms with Crippen molar-refractivity contribution in [3.05, 3.63) is 89.2 Å². The first kappa shape index (κ1) is 17.6. The molecule has 3 aromatic rings. The Labute approximate surface area is 153 Å². The van der Waals surface area contributed by atoms with Crippen LogP contribution >= 0.6 is 12.2 Å². The van der Waals surface area contributed by atoms with Gasteiger partial charge in [-0.2, -0.15) is 4.99 Å². The highest BCUT2D eigenvalue weighted by Gasteiger charge is 2.09. The fraction of sp³-hybridized carbons (Fsp3) is 0. The number of hydrogen-bond acceptors (Lipinski definition) is 2. The summed E-state index contributed by atoms with van der Waals surface area (Å²) in [5.74, 6) is 2.44. The van der Waals surface area contributed by atoms with Crippen molar-refractivity contribution >= 4 is 23.1 Å². The quantitative estimate of drug-likeness (QED) is 0.313. The van der Waals surface area contributed by atoms with Crippen molar-refractivity contribution in [1.29, 1.82) is 0 Å². The second kappa shape index (κ2) is 7.79. The molecule has 5 heteroatoms. The summed E-state index contributed by atoms with van der Waals surface area (Å²) < 4.78 is 42.2. The number of thiocarbonyl (C=S) groups is 1. The Balaban J connectivity index is 1.95. The monoisotopic (exact) mass is 365 g/mol. The average molecular weight is 365 g/mol. The number of nitrogens with zero attached hydrogens (tertiary/aromatic N) is 1. The van der Waals surface area contributed by atoms with E-state index < -0.39 is 23.0 Å². The first-order valence-corrected chi connectivity index (χ1v) is 7.93. The van der Waals surface area contributed by atoms with Gasteiger partial charge in [0.15, 0.2) is 0 Å². The van der Waals surface area contributed by atoms with Gasteiger partial charge in [-0.15, -0.1) is 0 Å². The summed E-state index contributed by atoms with van der Waals surface area (Å²) in [5, 5.41) is 2.03. The van der Waals surface area contributed by atoms with Gasteiger partial charge in [0.25, 0.3) is 0 Å². The summed E-state index contributed by atoms with van der Waals surface area (Å²) in [6.07, 6.45) is 0. The maximum atomic E-state index is 14.3. The van der Waals surface area contributed by atoms with E-state index in [0.717, 1.165) is 17.7 Å². The number of aliphatic imine (C=N–C) groups is 1. The van der Waals surface area contributed by atoms with Crippen LogP contribution in [-0.4, -0.2) is 5.16 Å². The minimum absolute atomic E-state index is 0.000977. The summed E-state index contributed by atoms with van der Waals surface area (Å²) in [6.45, 7) is 0. The van der Waals surface area contributed by atoms with Crippen LogP contribution in [-0.2, 0) is 0 Å². The van der Waals surface area contributed by atoms with Crippen LogP contribution < -0.4 is 0 Å². The summed E-state index contributed by atoms with van der Waals surface area (Å²) in [5.41, 5.74) is 1.13. The third kappa shape index (κ3) is 3.89. The Bertz CT molecular complexity index is 1050. The van der Waals surface area contributed by atoms with Crippen molar-refractivity contribution < 1.29 is 13.2 Å². The van der Waals surface area contributed by atoms with Gasteiger partial charge in [-0.3, -0.25) is 0 Å². The molecule has 0 unspecified atom stereocenters. The largest absolute Gasteiger partial charge is 0.206 e. The molecular formula is C21H10F3NS. The van der Waals surface area contributed by atoms with Gasteiger partial charge in [0.2, 0.25) is 0 Å². The van der Waals surface area contributed by atoms with E-state index in [1.54, 1.807) is 6.07 Å². The standard InChI is InChI=1S/C21H10F3NS/c22-19-10-16(14-4-2-1-3-5-14)7-6-15(19)8-9-18-20(23)11-17(25-13-26)12-21(18)24/h1-7,10-12H. The minimum Gasteiger partial charge on any atom is -0.206 e. The topological polar surface area (TPSA) is 12.4 Å². The minimum atomic E-state index is -0.900. The van der Waals surface area contributed by atoms with Gasteiger partial charge in [-0.05, 0) is 35.5 Å². The van der Waals surface area contributed by atoms with Gasteiger partial charge >= 0.3 is 0 Å². The predicted molar refractivity (Wildman–Crippen MR) is 98.9 cm³/mol. The third-order valence-corrected chi connectivity index (χ3v) is 3.69. The maximum absolute atomic E-state index is 14.3. The van der Waals surface area contributed by atoms with E-state index in [0.29, 0.717) is 5.56 Å². The van der Waals surface area contributed by atoms with Crippen LogP contribution in [0.1, 0.15) is 11.1 Å². The Morgan fingerprint density at radius 2 is 1.42 bits per heavy atom. The number of isothiocyanates is 1. The second-order valence-corrected chi connectivity index (χ2v) is 5.48. The second-order valence-electron chi connectivity index (χ2n) is 5.30. The Kier molecular flexibility index (Phi) is 5.28. The first-order chi connectivity index (χ1) is 12.6. The van der Waals surface area contributed by atoms with Crippen LogP contribution in [0.2, 0.25) is 0 Å². The van der Waals surface area contributed by atoms with Crippen molar-refractivity contribution in [3.63, 3.8) is 0 Å². The Hall–Kier alpha value is -3.19. The zero-order chi connectivity index (χ0) is 18.5. The third-order valence-electron chi connectivity index (χ3n) is 3.60. The summed E-state index contributed by atoms with van der Waals surface area (Å²) in [6, 6.07) is 15.8. The molecule has 0 heterocycles. The molecule has 3 rings (SSSR count). The van der Waals surface area contributed by atoms with Crippen LogP contribution in [0.4, 0.5) is 18.9 Å². The van der Waals surface area contributed by atoms with E-state index in [4.69, 9.17) is 0 Å². The van der Waals surface area contributed by atoms with Crippen molar-refractivity contribution in [2.45, 2.75) is 0 Å². The smallest absolute Gasteiger partial charge is 0.143 e. The molecule has 0 atom stereocenters. The average Bonchev–Trinajstić information content (AvgIpc) is 2.63. The summed E-state index contributed by atoms with van der Waals surface area (Å²) in [7, 11) is 0. The van der Waals surface area contributed by atoms with Crippen molar-refractivity contribution in [2.24, 2.45) is 4.99 Å². The van der Waals surface area contributed by atoms with E-state index in [9.17, 15) is 13.2 Å². The van der Waals surface area contributed by atoms with E-state index in [-0.39, 0.29) is 11.3 Å². The van der Waals surface area contributed by atoms with E-state index in [1.807, 2.05) is 35.5 Å². The molecule has 0 N–H and O–H groups in total. The number of hydrogen-bond donors (Lipinski definition) is 0. The van der Waals surface area contributed by atoms with Gasteiger partial charge in [-0.1, -0.05) is 48.2 Å². The molecule has 0 aliphatic carbocycles. The molecular weight excluding hydrogens is 355 g/mol. The van der Waals surface area contributed by atoms with E-state index in [2.05, 4.69) is 29.1 Å². The molecule has 0 aliphatic heterocycles. The first-order valence-electron chi connectivity index (χ1n) is 7.52. The Morgan fingerprint density at radius 1 is 0.731 bits per heavy atom. The molecule has 1 nitrogen and oxygen atoms in total. The fourth-order valence-corrected chi connectivity index (χ4v) is 2.46.